The highest BCUT2D eigenvalue weighted by Gasteiger charge is 2.36. The summed E-state index contributed by atoms with van der Waals surface area (Å²) in [5.41, 5.74) is 1.76. The normalized spacial score (nSPS) is 12.5. The summed E-state index contributed by atoms with van der Waals surface area (Å²) in [5.74, 6) is -1.20. The van der Waals surface area contributed by atoms with E-state index in [1.54, 1.807) is 32.6 Å². The van der Waals surface area contributed by atoms with Crippen LogP contribution in [0.3, 0.4) is 0 Å². The largest absolute Gasteiger partial charge is 0.466 e. The Morgan fingerprint density at radius 3 is 2.16 bits per heavy atom. The molecule has 2 atom stereocenters. The first-order chi connectivity index (χ1) is 20.9. The maximum Gasteiger partial charge on any atom is 0.408 e. The predicted molar refractivity (Wildman–Crippen MR) is 172 cm³/mol. The Bertz CT molecular complexity index is 1180. The Labute approximate surface area is 263 Å². The van der Waals surface area contributed by atoms with Gasteiger partial charge in [-0.2, -0.15) is 0 Å². The molecule has 0 heterocycles. The van der Waals surface area contributed by atoms with E-state index in [4.69, 9.17) is 9.47 Å². The molecular weight excluding hydrogens is 558 g/mol. The number of aryl methyl sites for hydroxylation is 1. The molecule has 9 nitrogen and oxygen atoms in total. The van der Waals surface area contributed by atoms with Crippen molar-refractivity contribution in [3.63, 3.8) is 0 Å². The second kappa shape index (κ2) is 18.7. The van der Waals surface area contributed by atoms with Gasteiger partial charge in [-0.1, -0.05) is 92.8 Å². The zero-order valence-electron chi connectivity index (χ0n) is 27.3. The number of unbranched alkanes of at least 4 members (excludes halogenated alkanes) is 4. The lowest BCUT2D eigenvalue weighted by Crippen LogP contribution is -2.54. The molecule has 0 aromatic heterocycles. The predicted octanol–water partition coefficient (Wildman–Crippen LogP) is 6.04. The highest BCUT2D eigenvalue weighted by Crippen LogP contribution is 2.25. The Balaban J connectivity index is 2.49. The van der Waals surface area contributed by atoms with Gasteiger partial charge in [0.25, 0.3) is 0 Å². The van der Waals surface area contributed by atoms with Gasteiger partial charge in [-0.3, -0.25) is 14.4 Å². The van der Waals surface area contributed by atoms with Crippen LogP contribution in [0.5, 0.6) is 0 Å². The second-order valence-electron chi connectivity index (χ2n) is 12.0. The van der Waals surface area contributed by atoms with Crippen molar-refractivity contribution in [2.24, 2.45) is 0 Å². The van der Waals surface area contributed by atoms with Crippen molar-refractivity contribution in [1.29, 1.82) is 0 Å². The molecule has 0 bridgehead atoms. The van der Waals surface area contributed by atoms with Crippen molar-refractivity contribution < 1.29 is 28.7 Å². The van der Waals surface area contributed by atoms with Crippen LogP contribution >= 0.6 is 0 Å². The van der Waals surface area contributed by atoms with E-state index in [1.807, 2.05) is 61.5 Å². The van der Waals surface area contributed by atoms with Crippen LogP contribution in [0, 0.1) is 6.92 Å². The topological polar surface area (TPSA) is 114 Å². The van der Waals surface area contributed by atoms with Gasteiger partial charge in [-0.15, -0.1) is 0 Å². The SMILES string of the molecule is CCCCCCCN(C(=O)C(Cc1ccccc1)NC(=O)OC(C)(C)C)C(C(=O)NCCC(=O)OCC)c1ccc(C)cc1. The third kappa shape index (κ3) is 13.2. The highest BCUT2D eigenvalue weighted by molar-refractivity contribution is 5.92. The number of carbonyl (C=O) groups is 4. The van der Waals surface area contributed by atoms with Crippen LogP contribution in [0.4, 0.5) is 4.79 Å². The summed E-state index contributed by atoms with van der Waals surface area (Å²) in [6.45, 7) is 11.7. The van der Waals surface area contributed by atoms with Crippen molar-refractivity contribution in [3.8, 4) is 0 Å². The fourth-order valence-corrected chi connectivity index (χ4v) is 4.79. The van der Waals surface area contributed by atoms with Crippen LogP contribution < -0.4 is 10.6 Å². The van der Waals surface area contributed by atoms with E-state index in [0.29, 0.717) is 18.5 Å². The first-order valence-corrected chi connectivity index (χ1v) is 15.8. The quantitative estimate of drug-likeness (QED) is 0.167. The third-order valence-corrected chi connectivity index (χ3v) is 6.94. The average molecular weight is 610 g/mol. The number of benzene rings is 2. The van der Waals surface area contributed by atoms with E-state index in [9.17, 15) is 19.2 Å². The molecule has 0 saturated carbocycles. The van der Waals surface area contributed by atoms with Gasteiger partial charge in [0.2, 0.25) is 11.8 Å². The maximum absolute atomic E-state index is 14.5. The Morgan fingerprint density at radius 1 is 0.886 bits per heavy atom. The Morgan fingerprint density at radius 2 is 1.55 bits per heavy atom. The maximum atomic E-state index is 14.5. The molecule has 0 radical (unpaired) electrons. The number of hydrogen-bond acceptors (Lipinski definition) is 6. The van der Waals surface area contributed by atoms with Crippen molar-refractivity contribution in [2.45, 2.75) is 104 Å². The highest BCUT2D eigenvalue weighted by atomic mass is 16.6. The summed E-state index contributed by atoms with van der Waals surface area (Å²) >= 11 is 0. The zero-order valence-corrected chi connectivity index (χ0v) is 27.3. The first kappa shape index (κ1) is 36.3. The molecule has 0 saturated heterocycles. The van der Waals surface area contributed by atoms with Crippen molar-refractivity contribution in [1.82, 2.24) is 15.5 Å². The van der Waals surface area contributed by atoms with Gasteiger partial charge in [0.15, 0.2) is 0 Å². The number of carbonyl (C=O) groups excluding carboxylic acids is 4. The molecule has 2 aromatic rings. The van der Waals surface area contributed by atoms with Crippen LogP contribution in [-0.2, 0) is 30.3 Å². The van der Waals surface area contributed by atoms with Gasteiger partial charge in [0, 0.05) is 19.5 Å². The lowest BCUT2D eigenvalue weighted by molar-refractivity contribution is -0.144. The monoisotopic (exact) mass is 609 g/mol. The molecular formula is C35H51N3O6. The van der Waals surface area contributed by atoms with Gasteiger partial charge in [-0.05, 0) is 52.2 Å². The number of alkyl carbamates (subject to hydrolysis) is 1. The summed E-state index contributed by atoms with van der Waals surface area (Å²) in [5, 5.41) is 5.64. The molecule has 2 rings (SSSR count). The fourth-order valence-electron chi connectivity index (χ4n) is 4.79. The molecule has 3 amide bonds. The summed E-state index contributed by atoms with van der Waals surface area (Å²) in [6, 6.07) is 15.0. The van der Waals surface area contributed by atoms with Crippen LogP contribution in [0.25, 0.3) is 0 Å². The molecule has 2 unspecified atom stereocenters. The van der Waals surface area contributed by atoms with Crippen LogP contribution in [-0.4, -0.2) is 60.1 Å². The van der Waals surface area contributed by atoms with E-state index in [-0.39, 0.29) is 31.9 Å². The third-order valence-electron chi connectivity index (χ3n) is 6.94. The molecule has 9 heteroatoms. The summed E-state index contributed by atoms with van der Waals surface area (Å²) < 4.78 is 10.5. The molecule has 242 valence electrons. The molecule has 44 heavy (non-hydrogen) atoms. The second-order valence-corrected chi connectivity index (χ2v) is 12.0. The van der Waals surface area contributed by atoms with Gasteiger partial charge < -0.3 is 25.0 Å². The summed E-state index contributed by atoms with van der Waals surface area (Å²) in [6.07, 6.45) is 4.29. The number of nitrogens with zero attached hydrogens (tertiary/aromatic N) is 1. The molecule has 2 N–H and O–H groups in total. The van der Waals surface area contributed by atoms with Gasteiger partial charge in [-0.25, -0.2) is 4.79 Å². The fraction of sp³-hybridized carbons (Fsp3) is 0.543. The van der Waals surface area contributed by atoms with Gasteiger partial charge in [0.1, 0.15) is 17.7 Å². The minimum atomic E-state index is -0.983. The van der Waals surface area contributed by atoms with Crippen molar-refractivity contribution in [2.75, 3.05) is 19.7 Å². The Kier molecular flexibility index (Phi) is 15.4. The van der Waals surface area contributed by atoms with Gasteiger partial charge >= 0.3 is 12.1 Å². The molecule has 0 aliphatic carbocycles. The smallest absolute Gasteiger partial charge is 0.408 e. The zero-order chi connectivity index (χ0) is 32.5. The molecule has 2 aromatic carbocycles. The summed E-state index contributed by atoms with van der Waals surface area (Å²) in [7, 11) is 0. The van der Waals surface area contributed by atoms with Crippen LogP contribution in [0.15, 0.2) is 54.6 Å². The minimum Gasteiger partial charge on any atom is -0.466 e. The molecule has 0 fully saturated rings. The van der Waals surface area contributed by atoms with E-state index in [0.717, 1.165) is 36.8 Å². The van der Waals surface area contributed by atoms with Crippen LogP contribution in [0.2, 0.25) is 0 Å². The number of nitrogens with one attached hydrogen (secondary N) is 2. The number of ether oxygens (including phenoxy) is 2. The van der Waals surface area contributed by atoms with E-state index < -0.39 is 35.7 Å². The number of rotatable bonds is 17. The minimum absolute atomic E-state index is 0.0159. The van der Waals surface area contributed by atoms with Crippen molar-refractivity contribution >= 4 is 23.9 Å². The van der Waals surface area contributed by atoms with Gasteiger partial charge in [0.05, 0.1) is 13.0 Å². The molecule has 0 aliphatic rings. The lowest BCUT2D eigenvalue weighted by atomic mass is 9.99. The summed E-state index contributed by atoms with van der Waals surface area (Å²) in [4.78, 5) is 54.9. The standard InChI is InChI=1S/C35H51N3O6/c1-7-9-10-11-15-24-38(31(28-20-18-26(3)19-21-28)32(40)36-23-22-30(39)43-8-2)33(41)29(25-27-16-13-12-14-17-27)37-34(42)44-35(4,5)6/h12-14,16-21,29,31H,7-11,15,22-25H2,1-6H3,(H,36,40)(H,37,42). The molecule has 0 spiro atoms. The van der Waals surface area contributed by atoms with Crippen molar-refractivity contribution in [3.05, 3.63) is 71.3 Å². The molecule has 0 aliphatic heterocycles. The van der Waals surface area contributed by atoms with Crippen LogP contribution in [0.1, 0.15) is 95.9 Å². The number of esters is 1. The number of hydrogen-bond donors (Lipinski definition) is 2. The van der Waals surface area contributed by atoms with E-state index in [2.05, 4.69) is 17.6 Å². The van der Waals surface area contributed by atoms with E-state index >= 15 is 0 Å². The lowest BCUT2D eigenvalue weighted by Gasteiger charge is -2.35. The van der Waals surface area contributed by atoms with E-state index in [1.165, 1.54) is 0 Å². The first-order valence-electron chi connectivity index (χ1n) is 15.8. The Hall–Kier alpha value is -3.88. The number of amides is 3. The average Bonchev–Trinajstić information content (AvgIpc) is 2.96.